The number of aromatic nitrogens is 1. The highest BCUT2D eigenvalue weighted by Gasteiger charge is 2.03. The van der Waals surface area contributed by atoms with Gasteiger partial charge in [-0.05, 0) is 30.3 Å². The number of ether oxygens (including phenoxy) is 1. The van der Waals surface area contributed by atoms with Gasteiger partial charge in [0.2, 0.25) is 0 Å². The number of pyridine rings is 1. The Bertz CT molecular complexity index is 758. The van der Waals surface area contributed by atoms with Crippen LogP contribution in [0, 0.1) is 5.82 Å². The van der Waals surface area contributed by atoms with E-state index < -0.39 is 0 Å². The molecule has 100 valence electrons. The largest absolute Gasteiger partial charge is 0.489 e. The normalized spacial score (nSPS) is 10.7. The summed E-state index contributed by atoms with van der Waals surface area (Å²) in [6.45, 7) is 0.296. The molecule has 3 rings (SSSR count). The van der Waals surface area contributed by atoms with Crippen molar-refractivity contribution < 1.29 is 9.13 Å². The Labute approximate surface area is 115 Å². The van der Waals surface area contributed by atoms with Crippen molar-refractivity contribution in [2.75, 3.05) is 5.73 Å². The van der Waals surface area contributed by atoms with Crippen molar-refractivity contribution in [2.24, 2.45) is 0 Å². The van der Waals surface area contributed by atoms with E-state index in [9.17, 15) is 4.39 Å². The van der Waals surface area contributed by atoms with Crippen LogP contribution in [0.5, 0.6) is 5.75 Å². The van der Waals surface area contributed by atoms with Gasteiger partial charge in [-0.1, -0.05) is 12.1 Å². The summed E-state index contributed by atoms with van der Waals surface area (Å²) < 4.78 is 18.6. The van der Waals surface area contributed by atoms with Crippen molar-refractivity contribution in [1.82, 2.24) is 4.98 Å². The molecule has 0 saturated heterocycles. The fourth-order valence-corrected chi connectivity index (χ4v) is 1.99. The van der Waals surface area contributed by atoms with Crippen molar-refractivity contribution in [1.29, 1.82) is 0 Å². The van der Waals surface area contributed by atoms with E-state index in [1.165, 1.54) is 12.1 Å². The molecule has 0 saturated carbocycles. The SMILES string of the molecule is Nc1cc(F)ccc1COc1ccc2cccnc2c1. The maximum atomic E-state index is 13.0. The predicted molar refractivity (Wildman–Crippen MR) is 76.9 cm³/mol. The molecule has 2 aromatic carbocycles. The van der Waals surface area contributed by atoms with E-state index in [-0.39, 0.29) is 5.82 Å². The number of rotatable bonds is 3. The molecule has 4 heteroatoms. The van der Waals surface area contributed by atoms with Gasteiger partial charge in [-0.2, -0.15) is 0 Å². The van der Waals surface area contributed by atoms with Crippen LogP contribution < -0.4 is 10.5 Å². The van der Waals surface area contributed by atoms with Gasteiger partial charge in [0.1, 0.15) is 18.2 Å². The minimum absolute atomic E-state index is 0.296. The van der Waals surface area contributed by atoms with Gasteiger partial charge in [-0.25, -0.2) is 4.39 Å². The summed E-state index contributed by atoms with van der Waals surface area (Å²) in [5.74, 6) is 0.362. The quantitative estimate of drug-likeness (QED) is 0.739. The monoisotopic (exact) mass is 268 g/mol. The summed E-state index contributed by atoms with van der Waals surface area (Å²) in [6, 6.07) is 13.9. The minimum Gasteiger partial charge on any atom is -0.489 e. The zero-order chi connectivity index (χ0) is 13.9. The molecule has 0 atom stereocenters. The van der Waals surface area contributed by atoms with E-state index in [4.69, 9.17) is 10.5 Å². The zero-order valence-electron chi connectivity index (χ0n) is 10.7. The van der Waals surface area contributed by atoms with E-state index in [1.807, 2.05) is 30.3 Å². The Morgan fingerprint density at radius 3 is 2.85 bits per heavy atom. The number of halogens is 1. The Balaban J connectivity index is 1.79. The Kier molecular flexibility index (Phi) is 3.21. The van der Waals surface area contributed by atoms with Crippen molar-refractivity contribution in [3.05, 3.63) is 66.1 Å². The van der Waals surface area contributed by atoms with Crippen LogP contribution in [0.1, 0.15) is 5.56 Å². The molecule has 0 fully saturated rings. The lowest BCUT2D eigenvalue weighted by Gasteiger charge is -2.09. The minimum atomic E-state index is -0.346. The van der Waals surface area contributed by atoms with Gasteiger partial charge < -0.3 is 10.5 Å². The molecule has 0 aliphatic carbocycles. The van der Waals surface area contributed by atoms with Crippen LogP contribution in [0.3, 0.4) is 0 Å². The van der Waals surface area contributed by atoms with E-state index in [2.05, 4.69) is 4.98 Å². The number of hydrogen-bond donors (Lipinski definition) is 1. The molecular formula is C16H13FN2O. The fourth-order valence-electron chi connectivity index (χ4n) is 1.99. The van der Waals surface area contributed by atoms with Crippen LogP contribution in [-0.4, -0.2) is 4.98 Å². The molecule has 1 aromatic heterocycles. The van der Waals surface area contributed by atoms with E-state index in [0.717, 1.165) is 16.5 Å². The average molecular weight is 268 g/mol. The van der Waals surface area contributed by atoms with Gasteiger partial charge in [0.15, 0.2) is 0 Å². The van der Waals surface area contributed by atoms with E-state index >= 15 is 0 Å². The second kappa shape index (κ2) is 5.17. The van der Waals surface area contributed by atoms with Gasteiger partial charge in [-0.15, -0.1) is 0 Å². The fraction of sp³-hybridized carbons (Fsp3) is 0.0625. The van der Waals surface area contributed by atoms with Gasteiger partial charge in [-0.3, -0.25) is 4.98 Å². The smallest absolute Gasteiger partial charge is 0.125 e. The lowest BCUT2D eigenvalue weighted by atomic mass is 10.2. The molecule has 1 heterocycles. The first-order valence-electron chi connectivity index (χ1n) is 6.24. The first-order chi connectivity index (χ1) is 9.72. The summed E-state index contributed by atoms with van der Waals surface area (Å²) in [4.78, 5) is 4.27. The summed E-state index contributed by atoms with van der Waals surface area (Å²) in [5, 5.41) is 1.06. The molecular weight excluding hydrogens is 255 g/mol. The zero-order valence-corrected chi connectivity index (χ0v) is 10.7. The van der Waals surface area contributed by atoms with Crippen LogP contribution in [0.4, 0.5) is 10.1 Å². The molecule has 0 spiro atoms. The molecule has 3 nitrogen and oxygen atoms in total. The number of nitrogens with two attached hydrogens (primary N) is 1. The molecule has 0 unspecified atom stereocenters. The maximum Gasteiger partial charge on any atom is 0.125 e. The molecule has 2 N–H and O–H groups in total. The highest BCUT2D eigenvalue weighted by atomic mass is 19.1. The topological polar surface area (TPSA) is 48.1 Å². The van der Waals surface area contributed by atoms with Crippen LogP contribution in [0.2, 0.25) is 0 Å². The van der Waals surface area contributed by atoms with Crippen LogP contribution in [0.15, 0.2) is 54.7 Å². The highest BCUT2D eigenvalue weighted by molar-refractivity contribution is 5.79. The Morgan fingerprint density at radius 2 is 2.00 bits per heavy atom. The van der Waals surface area contributed by atoms with Gasteiger partial charge in [0.05, 0.1) is 5.52 Å². The summed E-state index contributed by atoms with van der Waals surface area (Å²) >= 11 is 0. The van der Waals surface area contributed by atoms with Crippen LogP contribution in [0.25, 0.3) is 10.9 Å². The maximum absolute atomic E-state index is 13.0. The van der Waals surface area contributed by atoms with Crippen LogP contribution >= 0.6 is 0 Å². The second-order valence-corrected chi connectivity index (χ2v) is 4.49. The van der Waals surface area contributed by atoms with Gasteiger partial charge in [0, 0.05) is 28.9 Å². The molecule has 3 aromatic rings. The van der Waals surface area contributed by atoms with E-state index in [1.54, 1.807) is 12.3 Å². The number of nitrogens with zero attached hydrogens (tertiary/aromatic N) is 1. The molecule has 0 radical (unpaired) electrons. The number of nitrogen functional groups attached to an aromatic ring is 1. The Hall–Kier alpha value is -2.62. The number of benzene rings is 2. The van der Waals surface area contributed by atoms with Gasteiger partial charge >= 0.3 is 0 Å². The average Bonchev–Trinajstić information content (AvgIpc) is 2.46. The molecule has 0 amide bonds. The Morgan fingerprint density at radius 1 is 1.10 bits per heavy atom. The molecule has 0 aliphatic rings. The highest BCUT2D eigenvalue weighted by Crippen LogP contribution is 2.21. The van der Waals surface area contributed by atoms with Crippen molar-refractivity contribution in [3.8, 4) is 5.75 Å². The summed E-state index contributed by atoms with van der Waals surface area (Å²) in [5.41, 5.74) is 7.77. The first-order valence-corrected chi connectivity index (χ1v) is 6.24. The molecule has 20 heavy (non-hydrogen) atoms. The van der Waals surface area contributed by atoms with Crippen molar-refractivity contribution in [2.45, 2.75) is 6.61 Å². The molecule has 0 aliphatic heterocycles. The number of anilines is 1. The third kappa shape index (κ3) is 2.54. The third-order valence-electron chi connectivity index (χ3n) is 3.08. The molecule has 0 bridgehead atoms. The van der Waals surface area contributed by atoms with Crippen molar-refractivity contribution in [3.63, 3.8) is 0 Å². The first kappa shape index (κ1) is 12.4. The summed E-state index contributed by atoms with van der Waals surface area (Å²) in [6.07, 6.45) is 1.74. The lowest BCUT2D eigenvalue weighted by molar-refractivity contribution is 0.307. The lowest BCUT2D eigenvalue weighted by Crippen LogP contribution is -2.00. The summed E-state index contributed by atoms with van der Waals surface area (Å²) in [7, 11) is 0. The number of hydrogen-bond acceptors (Lipinski definition) is 3. The second-order valence-electron chi connectivity index (χ2n) is 4.49. The number of fused-ring (bicyclic) bond motifs is 1. The third-order valence-corrected chi connectivity index (χ3v) is 3.08. The van der Waals surface area contributed by atoms with Crippen molar-refractivity contribution >= 4 is 16.6 Å². The van der Waals surface area contributed by atoms with Gasteiger partial charge in [0.25, 0.3) is 0 Å². The van der Waals surface area contributed by atoms with Crippen LogP contribution in [-0.2, 0) is 6.61 Å². The van der Waals surface area contributed by atoms with E-state index in [0.29, 0.717) is 18.0 Å². The standard InChI is InChI=1S/C16H13FN2O/c17-13-5-3-12(15(18)8-13)10-20-14-6-4-11-2-1-7-19-16(11)9-14/h1-9H,10,18H2. The predicted octanol–water partition coefficient (Wildman–Crippen LogP) is 3.54.